The van der Waals surface area contributed by atoms with Gasteiger partial charge >= 0.3 is 0 Å². The number of rotatable bonds is 4. The van der Waals surface area contributed by atoms with Crippen LogP contribution in [0, 0.1) is 6.92 Å². The van der Waals surface area contributed by atoms with E-state index in [2.05, 4.69) is 10.9 Å². The average molecular weight is 353 g/mol. The van der Waals surface area contributed by atoms with Gasteiger partial charge in [0.15, 0.2) is 6.61 Å². The van der Waals surface area contributed by atoms with E-state index in [0.717, 1.165) is 5.56 Å². The van der Waals surface area contributed by atoms with Crippen LogP contribution >= 0.6 is 23.2 Å². The topological polar surface area (TPSA) is 67.4 Å². The van der Waals surface area contributed by atoms with Crippen LogP contribution in [0.4, 0.5) is 0 Å². The van der Waals surface area contributed by atoms with Crippen molar-refractivity contribution in [3.8, 4) is 5.75 Å². The molecule has 2 rings (SSSR count). The molecule has 2 aromatic carbocycles. The highest BCUT2D eigenvalue weighted by molar-refractivity contribution is 6.33. The Morgan fingerprint density at radius 3 is 2.52 bits per heavy atom. The van der Waals surface area contributed by atoms with E-state index < -0.39 is 11.8 Å². The van der Waals surface area contributed by atoms with Gasteiger partial charge < -0.3 is 4.74 Å². The third-order valence-corrected chi connectivity index (χ3v) is 3.49. The van der Waals surface area contributed by atoms with E-state index in [1.165, 1.54) is 0 Å². The first kappa shape index (κ1) is 17.1. The summed E-state index contributed by atoms with van der Waals surface area (Å²) in [7, 11) is 0. The molecule has 23 heavy (non-hydrogen) atoms. The fourth-order valence-electron chi connectivity index (χ4n) is 1.79. The highest BCUT2D eigenvalue weighted by Crippen LogP contribution is 2.21. The standard InChI is InChI=1S/C16H14Cl2N2O3/c1-10-8-11(17)6-7-14(10)23-9-15(21)19-20-16(22)12-4-2-3-5-13(12)18/h2-8H,9H2,1H3,(H,19,21)(H,20,22). The fourth-order valence-corrected chi connectivity index (χ4v) is 2.24. The van der Waals surface area contributed by atoms with Crippen molar-refractivity contribution in [2.24, 2.45) is 0 Å². The van der Waals surface area contributed by atoms with Crippen molar-refractivity contribution in [1.29, 1.82) is 0 Å². The molecule has 5 nitrogen and oxygen atoms in total. The van der Waals surface area contributed by atoms with Crippen LogP contribution in [0.3, 0.4) is 0 Å². The van der Waals surface area contributed by atoms with Gasteiger partial charge in [0.2, 0.25) is 0 Å². The van der Waals surface area contributed by atoms with E-state index in [-0.39, 0.29) is 12.2 Å². The lowest BCUT2D eigenvalue weighted by atomic mass is 10.2. The van der Waals surface area contributed by atoms with Gasteiger partial charge in [0.1, 0.15) is 5.75 Å². The van der Waals surface area contributed by atoms with Crippen molar-refractivity contribution >= 4 is 35.0 Å². The average Bonchev–Trinajstić information content (AvgIpc) is 2.52. The number of carbonyl (C=O) groups is 2. The van der Waals surface area contributed by atoms with Crippen molar-refractivity contribution in [3.63, 3.8) is 0 Å². The van der Waals surface area contributed by atoms with Crippen LogP contribution in [-0.2, 0) is 4.79 Å². The van der Waals surface area contributed by atoms with Gasteiger partial charge in [-0.05, 0) is 42.8 Å². The summed E-state index contributed by atoms with van der Waals surface area (Å²) in [6, 6.07) is 11.6. The Labute approximate surface area is 143 Å². The van der Waals surface area contributed by atoms with Gasteiger partial charge in [-0.15, -0.1) is 0 Å². The molecule has 2 aromatic rings. The van der Waals surface area contributed by atoms with Crippen LogP contribution in [0.5, 0.6) is 5.75 Å². The number of ether oxygens (including phenoxy) is 1. The monoisotopic (exact) mass is 352 g/mol. The van der Waals surface area contributed by atoms with Crippen molar-refractivity contribution in [3.05, 3.63) is 63.6 Å². The molecule has 0 unspecified atom stereocenters. The van der Waals surface area contributed by atoms with Gasteiger partial charge in [-0.3, -0.25) is 20.4 Å². The lowest BCUT2D eigenvalue weighted by Crippen LogP contribution is -2.43. The Balaban J connectivity index is 1.83. The molecule has 0 saturated carbocycles. The van der Waals surface area contributed by atoms with E-state index >= 15 is 0 Å². The van der Waals surface area contributed by atoms with Crippen LogP contribution in [-0.4, -0.2) is 18.4 Å². The number of halogens is 2. The summed E-state index contributed by atoms with van der Waals surface area (Å²) < 4.78 is 5.37. The molecule has 0 atom stereocenters. The van der Waals surface area contributed by atoms with E-state index in [0.29, 0.717) is 15.8 Å². The number of hydrogen-bond donors (Lipinski definition) is 2. The molecule has 120 valence electrons. The largest absolute Gasteiger partial charge is 0.483 e. The Bertz CT molecular complexity index is 735. The number of carbonyl (C=O) groups excluding carboxylic acids is 2. The Morgan fingerprint density at radius 1 is 1.09 bits per heavy atom. The van der Waals surface area contributed by atoms with Gasteiger partial charge in [0.05, 0.1) is 10.6 Å². The van der Waals surface area contributed by atoms with Crippen LogP contribution in [0.1, 0.15) is 15.9 Å². The molecule has 0 bridgehead atoms. The second-order valence-corrected chi connectivity index (χ2v) is 5.52. The predicted molar refractivity (Wildman–Crippen MR) is 88.7 cm³/mol. The molecular weight excluding hydrogens is 339 g/mol. The molecule has 0 aliphatic heterocycles. The van der Waals surface area contributed by atoms with Crippen molar-refractivity contribution < 1.29 is 14.3 Å². The highest BCUT2D eigenvalue weighted by Gasteiger charge is 2.11. The molecule has 0 aromatic heterocycles. The molecule has 0 heterocycles. The molecular formula is C16H14Cl2N2O3. The van der Waals surface area contributed by atoms with E-state index in [4.69, 9.17) is 27.9 Å². The van der Waals surface area contributed by atoms with Crippen molar-refractivity contribution in [2.45, 2.75) is 6.92 Å². The second kappa shape index (κ2) is 7.85. The lowest BCUT2D eigenvalue weighted by molar-refractivity contribution is -0.123. The van der Waals surface area contributed by atoms with Gasteiger partial charge in [-0.2, -0.15) is 0 Å². The van der Waals surface area contributed by atoms with E-state index in [9.17, 15) is 9.59 Å². The maximum atomic E-state index is 11.9. The highest BCUT2D eigenvalue weighted by atomic mass is 35.5. The zero-order chi connectivity index (χ0) is 16.8. The summed E-state index contributed by atoms with van der Waals surface area (Å²) in [6.45, 7) is 1.57. The summed E-state index contributed by atoms with van der Waals surface area (Å²) >= 11 is 11.7. The Hall–Kier alpha value is -2.24. The number of hydrazine groups is 1. The minimum Gasteiger partial charge on any atom is -0.483 e. The number of hydrogen-bond acceptors (Lipinski definition) is 3. The maximum Gasteiger partial charge on any atom is 0.276 e. The Morgan fingerprint density at radius 2 is 1.83 bits per heavy atom. The maximum absolute atomic E-state index is 11.9. The lowest BCUT2D eigenvalue weighted by Gasteiger charge is -2.11. The summed E-state index contributed by atoms with van der Waals surface area (Å²) in [5.74, 6) is -0.464. The fraction of sp³-hybridized carbons (Fsp3) is 0.125. The second-order valence-electron chi connectivity index (χ2n) is 4.68. The molecule has 0 aliphatic carbocycles. The molecule has 0 saturated heterocycles. The number of amides is 2. The Kier molecular flexibility index (Phi) is 5.84. The third-order valence-electron chi connectivity index (χ3n) is 2.93. The molecule has 2 amide bonds. The van der Waals surface area contributed by atoms with Gasteiger partial charge in [-0.25, -0.2) is 0 Å². The predicted octanol–water partition coefficient (Wildman–Crippen LogP) is 3.14. The molecule has 0 fully saturated rings. The summed E-state index contributed by atoms with van der Waals surface area (Å²) in [5.41, 5.74) is 5.61. The first-order valence-corrected chi connectivity index (χ1v) is 7.45. The number of aryl methyl sites for hydroxylation is 1. The number of nitrogens with one attached hydrogen (secondary N) is 2. The van der Waals surface area contributed by atoms with Crippen LogP contribution in [0.2, 0.25) is 10.0 Å². The first-order valence-electron chi connectivity index (χ1n) is 6.70. The molecule has 0 spiro atoms. The quantitative estimate of drug-likeness (QED) is 0.830. The molecule has 7 heteroatoms. The van der Waals surface area contributed by atoms with Gasteiger partial charge in [-0.1, -0.05) is 35.3 Å². The van der Waals surface area contributed by atoms with Crippen molar-refractivity contribution in [1.82, 2.24) is 10.9 Å². The number of benzene rings is 2. The molecule has 0 radical (unpaired) electrons. The van der Waals surface area contributed by atoms with Crippen LogP contribution < -0.4 is 15.6 Å². The van der Waals surface area contributed by atoms with Crippen molar-refractivity contribution in [2.75, 3.05) is 6.61 Å². The summed E-state index contributed by atoms with van der Waals surface area (Å²) in [5, 5.41) is 0.888. The van der Waals surface area contributed by atoms with Crippen LogP contribution in [0.15, 0.2) is 42.5 Å². The van der Waals surface area contributed by atoms with Gasteiger partial charge in [0, 0.05) is 5.02 Å². The smallest absolute Gasteiger partial charge is 0.276 e. The minimum atomic E-state index is -0.508. The van der Waals surface area contributed by atoms with Gasteiger partial charge in [0.25, 0.3) is 11.8 Å². The zero-order valence-corrected chi connectivity index (χ0v) is 13.7. The van der Waals surface area contributed by atoms with E-state index in [1.807, 2.05) is 6.92 Å². The summed E-state index contributed by atoms with van der Waals surface area (Å²) in [4.78, 5) is 23.6. The molecule has 2 N–H and O–H groups in total. The zero-order valence-electron chi connectivity index (χ0n) is 12.2. The normalized spacial score (nSPS) is 10.0. The van der Waals surface area contributed by atoms with E-state index in [1.54, 1.807) is 42.5 Å². The third kappa shape index (κ3) is 4.87. The van der Waals surface area contributed by atoms with Crippen LogP contribution in [0.25, 0.3) is 0 Å². The first-order chi connectivity index (χ1) is 11.0. The summed E-state index contributed by atoms with van der Waals surface area (Å²) in [6.07, 6.45) is 0. The SMILES string of the molecule is Cc1cc(Cl)ccc1OCC(=O)NNC(=O)c1ccccc1Cl. The molecule has 0 aliphatic rings. The minimum absolute atomic E-state index is 0.245.